The zero-order valence-electron chi connectivity index (χ0n) is 9.84. The van der Waals surface area contributed by atoms with Crippen molar-refractivity contribution in [2.24, 2.45) is 0 Å². The molecule has 0 aliphatic heterocycles. The van der Waals surface area contributed by atoms with E-state index in [2.05, 4.69) is 18.1 Å². The molecule has 1 nitrogen and oxygen atoms in total. The number of hydrogen-bond donors (Lipinski definition) is 0. The Kier molecular flexibility index (Phi) is 5.42. The average Bonchev–Trinajstić information content (AvgIpc) is 2.28. The normalized spacial score (nSPS) is 12.6. The summed E-state index contributed by atoms with van der Waals surface area (Å²) in [5.74, 6) is 1.14. The lowest BCUT2D eigenvalue weighted by molar-refractivity contribution is 0.625. The Bertz CT molecular complexity index is 346. The molecule has 1 atom stereocenters. The maximum absolute atomic E-state index is 13.1. The molecule has 16 heavy (non-hydrogen) atoms. The highest BCUT2D eigenvalue weighted by atomic mass is 35.5. The highest BCUT2D eigenvalue weighted by Crippen LogP contribution is 2.24. The van der Waals surface area contributed by atoms with E-state index in [1.807, 2.05) is 7.05 Å². The first kappa shape index (κ1) is 13.7. The molecule has 0 aliphatic rings. The van der Waals surface area contributed by atoms with Crippen LogP contribution in [-0.4, -0.2) is 25.1 Å². The van der Waals surface area contributed by atoms with E-state index in [0.717, 1.165) is 17.0 Å². The molecular weight excluding hydrogens is 245 g/mol. The second-order valence-electron chi connectivity index (χ2n) is 3.82. The first-order chi connectivity index (χ1) is 7.60. The molecule has 0 fully saturated rings. The highest BCUT2D eigenvalue weighted by molar-refractivity contribution is 7.98. The van der Waals surface area contributed by atoms with E-state index < -0.39 is 0 Å². The van der Waals surface area contributed by atoms with Crippen molar-refractivity contribution < 1.29 is 4.39 Å². The Morgan fingerprint density at radius 3 is 2.75 bits per heavy atom. The molecular formula is C12H17ClFNS. The minimum atomic E-state index is -0.231. The summed E-state index contributed by atoms with van der Waals surface area (Å²) < 4.78 is 13.1. The van der Waals surface area contributed by atoms with E-state index in [1.165, 1.54) is 12.1 Å². The van der Waals surface area contributed by atoms with Crippen molar-refractivity contribution in [3.05, 3.63) is 29.6 Å². The molecule has 1 aromatic carbocycles. The lowest BCUT2D eigenvalue weighted by atomic mass is 10.1. The maximum atomic E-state index is 13.1. The number of halogens is 2. The topological polar surface area (TPSA) is 3.24 Å². The molecule has 0 heterocycles. The van der Waals surface area contributed by atoms with Gasteiger partial charge in [-0.2, -0.15) is 11.8 Å². The Morgan fingerprint density at radius 1 is 1.50 bits per heavy atom. The van der Waals surface area contributed by atoms with Crippen molar-refractivity contribution in [2.45, 2.75) is 18.8 Å². The molecule has 1 unspecified atom stereocenters. The van der Waals surface area contributed by atoms with Crippen LogP contribution in [0.1, 0.15) is 12.5 Å². The number of alkyl halides is 1. The standard InChI is InChI=1S/C12H17ClFNS/c1-9(8-16-3)15(2)12-5-4-11(14)6-10(12)7-13/h4-6,9H,7-8H2,1-3H3. The lowest BCUT2D eigenvalue weighted by Crippen LogP contribution is -2.31. The Hall–Kier alpha value is -0.410. The van der Waals surface area contributed by atoms with Gasteiger partial charge in [-0.15, -0.1) is 11.6 Å². The lowest BCUT2D eigenvalue weighted by Gasteiger charge is -2.28. The summed E-state index contributed by atoms with van der Waals surface area (Å²) in [7, 11) is 2.02. The van der Waals surface area contributed by atoms with Crippen LogP contribution in [-0.2, 0) is 5.88 Å². The van der Waals surface area contributed by atoms with Gasteiger partial charge in [-0.05, 0) is 36.9 Å². The van der Waals surface area contributed by atoms with E-state index in [4.69, 9.17) is 11.6 Å². The molecule has 90 valence electrons. The smallest absolute Gasteiger partial charge is 0.123 e. The van der Waals surface area contributed by atoms with Crippen molar-refractivity contribution in [2.75, 3.05) is 24.0 Å². The molecule has 0 spiro atoms. The molecule has 0 bridgehead atoms. The van der Waals surface area contributed by atoms with E-state index in [9.17, 15) is 4.39 Å². The molecule has 0 amide bonds. The van der Waals surface area contributed by atoms with Crippen LogP contribution in [0.4, 0.5) is 10.1 Å². The fraction of sp³-hybridized carbons (Fsp3) is 0.500. The minimum absolute atomic E-state index is 0.231. The van der Waals surface area contributed by atoms with Crippen LogP contribution in [0, 0.1) is 5.82 Å². The van der Waals surface area contributed by atoms with Crippen LogP contribution < -0.4 is 4.90 Å². The van der Waals surface area contributed by atoms with Crippen molar-refractivity contribution >= 4 is 29.1 Å². The SMILES string of the molecule is CSCC(C)N(C)c1ccc(F)cc1CCl. The van der Waals surface area contributed by atoms with Gasteiger partial charge < -0.3 is 4.90 Å². The summed E-state index contributed by atoms with van der Waals surface area (Å²) in [6.45, 7) is 2.15. The summed E-state index contributed by atoms with van der Waals surface area (Å²) in [6, 6.07) is 5.18. The molecule has 1 aromatic rings. The molecule has 0 saturated heterocycles. The number of rotatable bonds is 5. The number of nitrogens with zero attached hydrogens (tertiary/aromatic N) is 1. The summed E-state index contributed by atoms with van der Waals surface area (Å²) >= 11 is 7.63. The Morgan fingerprint density at radius 2 is 2.19 bits per heavy atom. The molecule has 1 rings (SSSR count). The van der Waals surface area contributed by atoms with Crippen molar-refractivity contribution in [1.29, 1.82) is 0 Å². The van der Waals surface area contributed by atoms with Crippen molar-refractivity contribution in [3.63, 3.8) is 0 Å². The molecule has 0 aromatic heterocycles. The maximum Gasteiger partial charge on any atom is 0.123 e. The number of thioether (sulfide) groups is 1. The predicted octanol–water partition coefficient (Wildman–Crippen LogP) is 3.75. The van der Waals surface area contributed by atoms with E-state index in [0.29, 0.717) is 11.9 Å². The predicted molar refractivity (Wildman–Crippen MR) is 72.2 cm³/mol. The third-order valence-electron chi connectivity index (χ3n) is 2.63. The van der Waals surface area contributed by atoms with Gasteiger partial charge in [0.15, 0.2) is 0 Å². The molecule has 0 saturated carbocycles. The summed E-state index contributed by atoms with van der Waals surface area (Å²) in [4.78, 5) is 2.15. The van der Waals surface area contributed by atoms with E-state index in [-0.39, 0.29) is 5.82 Å². The zero-order valence-corrected chi connectivity index (χ0v) is 11.4. The fourth-order valence-corrected chi connectivity index (χ4v) is 2.52. The van der Waals surface area contributed by atoms with Gasteiger partial charge in [-0.3, -0.25) is 0 Å². The van der Waals surface area contributed by atoms with Crippen LogP contribution in [0.2, 0.25) is 0 Å². The van der Waals surface area contributed by atoms with E-state index in [1.54, 1.807) is 17.8 Å². The van der Waals surface area contributed by atoms with E-state index >= 15 is 0 Å². The summed E-state index contributed by atoms with van der Waals surface area (Å²) in [5.41, 5.74) is 1.86. The molecule has 0 aliphatic carbocycles. The Labute approximate surface area is 106 Å². The first-order valence-electron chi connectivity index (χ1n) is 5.16. The average molecular weight is 262 g/mol. The number of anilines is 1. The Balaban J connectivity index is 2.93. The second-order valence-corrected chi connectivity index (χ2v) is 5.00. The van der Waals surface area contributed by atoms with Crippen LogP contribution in [0.5, 0.6) is 0 Å². The minimum Gasteiger partial charge on any atom is -0.371 e. The van der Waals surface area contributed by atoms with Gasteiger partial charge in [0, 0.05) is 30.4 Å². The third kappa shape index (κ3) is 3.29. The zero-order chi connectivity index (χ0) is 12.1. The van der Waals surface area contributed by atoms with Crippen molar-refractivity contribution in [1.82, 2.24) is 0 Å². The van der Waals surface area contributed by atoms with Crippen LogP contribution in [0.25, 0.3) is 0 Å². The van der Waals surface area contributed by atoms with Gasteiger partial charge >= 0.3 is 0 Å². The molecule has 0 radical (unpaired) electrons. The quantitative estimate of drug-likeness (QED) is 0.743. The fourth-order valence-electron chi connectivity index (χ4n) is 1.60. The van der Waals surface area contributed by atoms with Gasteiger partial charge in [0.25, 0.3) is 0 Å². The molecule has 4 heteroatoms. The van der Waals surface area contributed by atoms with Gasteiger partial charge in [0.1, 0.15) is 5.82 Å². The molecule has 0 N–H and O–H groups in total. The number of benzene rings is 1. The summed E-state index contributed by atoms with van der Waals surface area (Å²) in [6.07, 6.45) is 2.08. The van der Waals surface area contributed by atoms with Crippen LogP contribution in [0.15, 0.2) is 18.2 Å². The van der Waals surface area contributed by atoms with Crippen LogP contribution >= 0.6 is 23.4 Å². The largest absolute Gasteiger partial charge is 0.371 e. The van der Waals surface area contributed by atoms with Gasteiger partial charge in [-0.25, -0.2) is 4.39 Å². The first-order valence-corrected chi connectivity index (χ1v) is 7.09. The number of hydrogen-bond acceptors (Lipinski definition) is 2. The van der Waals surface area contributed by atoms with Gasteiger partial charge in [-0.1, -0.05) is 0 Å². The van der Waals surface area contributed by atoms with Gasteiger partial charge in [0.05, 0.1) is 0 Å². The van der Waals surface area contributed by atoms with Crippen LogP contribution in [0.3, 0.4) is 0 Å². The third-order valence-corrected chi connectivity index (χ3v) is 3.74. The monoisotopic (exact) mass is 261 g/mol. The highest BCUT2D eigenvalue weighted by Gasteiger charge is 2.13. The van der Waals surface area contributed by atoms with Gasteiger partial charge in [0.2, 0.25) is 0 Å². The van der Waals surface area contributed by atoms with Crippen molar-refractivity contribution in [3.8, 4) is 0 Å². The second kappa shape index (κ2) is 6.36. The summed E-state index contributed by atoms with van der Waals surface area (Å²) in [5, 5.41) is 0.